The molecule has 0 aliphatic heterocycles. The molecule has 1 heterocycles. The summed E-state index contributed by atoms with van der Waals surface area (Å²) in [6.45, 7) is 0. The van der Waals surface area contributed by atoms with E-state index in [2.05, 4.69) is 34.2 Å². The fraction of sp³-hybridized carbons (Fsp3) is 0. The Hall–Kier alpha value is -2.23. The molecule has 4 heteroatoms. The van der Waals surface area contributed by atoms with Gasteiger partial charge in [-0.05, 0) is 48.5 Å². The first-order valence-electron chi connectivity index (χ1n) is 7.26. The van der Waals surface area contributed by atoms with E-state index in [0.29, 0.717) is 0 Å². The molecule has 23 heavy (non-hydrogen) atoms. The van der Waals surface area contributed by atoms with Gasteiger partial charge in [-0.25, -0.2) is 4.98 Å². The zero-order valence-corrected chi connectivity index (χ0v) is 13.7. The first-order chi connectivity index (χ1) is 11.3. The van der Waals surface area contributed by atoms with Gasteiger partial charge < -0.3 is 4.98 Å². The minimum atomic E-state index is 0.759. The third-order valence-electron chi connectivity index (χ3n) is 3.57. The summed E-state index contributed by atoms with van der Waals surface area (Å²) in [7, 11) is 0. The van der Waals surface area contributed by atoms with Crippen LogP contribution < -0.4 is 0 Å². The predicted octanol–water partition coefficient (Wildman–Crippen LogP) is 6.03. The van der Waals surface area contributed by atoms with Gasteiger partial charge in [0, 0.05) is 20.4 Å². The van der Waals surface area contributed by atoms with Crippen molar-refractivity contribution in [3.05, 3.63) is 77.8 Å². The molecule has 0 bridgehead atoms. The van der Waals surface area contributed by atoms with Crippen LogP contribution in [0.15, 0.2) is 82.6 Å². The number of halogens is 1. The maximum Gasteiger partial charge on any atom is 0.138 e. The second-order valence-electron chi connectivity index (χ2n) is 5.18. The largest absolute Gasteiger partial charge is 0.338 e. The zero-order valence-electron chi connectivity index (χ0n) is 12.2. The molecule has 0 saturated heterocycles. The first kappa shape index (κ1) is 14.4. The van der Waals surface area contributed by atoms with Crippen LogP contribution in [0.5, 0.6) is 0 Å². The lowest BCUT2D eigenvalue weighted by atomic mass is 10.2. The minimum absolute atomic E-state index is 0.759. The van der Waals surface area contributed by atoms with Crippen LogP contribution in [0.25, 0.3) is 22.4 Å². The lowest BCUT2D eigenvalue weighted by molar-refractivity contribution is 1.32. The van der Waals surface area contributed by atoms with Crippen molar-refractivity contribution in [1.82, 2.24) is 9.97 Å². The summed E-state index contributed by atoms with van der Waals surface area (Å²) in [4.78, 5) is 10.3. The molecule has 4 aromatic rings. The smallest absolute Gasteiger partial charge is 0.138 e. The Morgan fingerprint density at radius 3 is 2.13 bits per heavy atom. The second kappa shape index (κ2) is 6.11. The highest BCUT2D eigenvalue weighted by Gasteiger charge is 2.05. The number of rotatable bonds is 3. The highest BCUT2D eigenvalue weighted by Crippen LogP contribution is 2.30. The summed E-state index contributed by atoms with van der Waals surface area (Å²) >= 11 is 7.63. The molecule has 0 saturated carbocycles. The molecule has 1 N–H and O–H groups in total. The van der Waals surface area contributed by atoms with Gasteiger partial charge in [0.15, 0.2) is 0 Å². The van der Waals surface area contributed by atoms with Crippen molar-refractivity contribution in [2.75, 3.05) is 0 Å². The highest BCUT2D eigenvalue weighted by atomic mass is 35.5. The number of benzene rings is 3. The average Bonchev–Trinajstić information content (AvgIpc) is 3.02. The van der Waals surface area contributed by atoms with Crippen molar-refractivity contribution in [3.8, 4) is 11.4 Å². The summed E-state index contributed by atoms with van der Waals surface area (Å²) in [5, 5.41) is 0.759. The van der Waals surface area contributed by atoms with Crippen LogP contribution in [0.1, 0.15) is 0 Å². The summed E-state index contributed by atoms with van der Waals surface area (Å²) in [5.74, 6) is 0.897. The molecule has 0 radical (unpaired) electrons. The molecule has 112 valence electrons. The standard InChI is InChI=1S/C19H13ClN2S/c20-14-7-11-16(12-8-14)23-15-9-5-13(6-10-15)19-21-17-3-1-2-4-18(17)22-19/h1-12H,(H,21,22). The minimum Gasteiger partial charge on any atom is -0.338 e. The average molecular weight is 337 g/mol. The second-order valence-corrected chi connectivity index (χ2v) is 6.77. The maximum absolute atomic E-state index is 5.92. The summed E-state index contributed by atoms with van der Waals surface area (Å²) in [5.41, 5.74) is 3.13. The van der Waals surface area contributed by atoms with Crippen LogP contribution in [0, 0.1) is 0 Å². The van der Waals surface area contributed by atoms with Crippen LogP contribution >= 0.6 is 23.4 Å². The van der Waals surface area contributed by atoms with Gasteiger partial charge in [0.05, 0.1) is 11.0 Å². The van der Waals surface area contributed by atoms with Gasteiger partial charge in [0.2, 0.25) is 0 Å². The van der Waals surface area contributed by atoms with E-state index < -0.39 is 0 Å². The Balaban J connectivity index is 1.58. The van der Waals surface area contributed by atoms with Crippen molar-refractivity contribution in [3.63, 3.8) is 0 Å². The van der Waals surface area contributed by atoms with Gasteiger partial charge in [-0.2, -0.15) is 0 Å². The SMILES string of the molecule is Clc1ccc(Sc2ccc(-c3nc4ccccc4[nH]3)cc2)cc1. The third-order valence-corrected chi connectivity index (χ3v) is 4.83. The van der Waals surface area contributed by atoms with Gasteiger partial charge >= 0.3 is 0 Å². The third kappa shape index (κ3) is 3.11. The number of nitrogens with zero attached hydrogens (tertiary/aromatic N) is 1. The van der Waals surface area contributed by atoms with E-state index in [0.717, 1.165) is 27.4 Å². The van der Waals surface area contributed by atoms with Gasteiger partial charge in [0.1, 0.15) is 5.82 Å². The number of para-hydroxylation sites is 2. The molecule has 4 rings (SSSR count). The van der Waals surface area contributed by atoms with E-state index in [4.69, 9.17) is 11.6 Å². The molecule has 2 nitrogen and oxygen atoms in total. The molecule has 0 aliphatic carbocycles. The van der Waals surface area contributed by atoms with Gasteiger partial charge in [-0.1, -0.05) is 47.6 Å². The van der Waals surface area contributed by atoms with Crippen LogP contribution in [-0.4, -0.2) is 9.97 Å². The number of fused-ring (bicyclic) bond motifs is 1. The van der Waals surface area contributed by atoms with Crippen LogP contribution in [0.2, 0.25) is 5.02 Å². The van der Waals surface area contributed by atoms with E-state index in [1.54, 1.807) is 11.8 Å². The Morgan fingerprint density at radius 2 is 1.43 bits per heavy atom. The van der Waals surface area contributed by atoms with Crippen LogP contribution in [-0.2, 0) is 0 Å². The van der Waals surface area contributed by atoms with E-state index in [-0.39, 0.29) is 0 Å². The molecule has 0 atom stereocenters. The summed E-state index contributed by atoms with van der Waals surface area (Å²) in [6.07, 6.45) is 0. The fourth-order valence-corrected chi connectivity index (χ4v) is 3.35. The lowest BCUT2D eigenvalue weighted by Gasteiger charge is -2.03. The van der Waals surface area contributed by atoms with Crippen molar-refractivity contribution in [2.45, 2.75) is 9.79 Å². The number of nitrogens with one attached hydrogen (secondary N) is 1. The van der Waals surface area contributed by atoms with E-state index in [1.165, 1.54) is 9.79 Å². The molecule has 0 spiro atoms. The van der Waals surface area contributed by atoms with Crippen LogP contribution in [0.3, 0.4) is 0 Å². The number of H-pyrrole nitrogens is 1. The molecule has 3 aromatic carbocycles. The molecule has 0 aliphatic rings. The monoisotopic (exact) mass is 336 g/mol. The van der Waals surface area contributed by atoms with E-state index >= 15 is 0 Å². The number of imidazole rings is 1. The molecular weight excluding hydrogens is 324 g/mol. The number of aromatic amines is 1. The number of aromatic nitrogens is 2. The van der Waals surface area contributed by atoms with Crippen molar-refractivity contribution in [2.24, 2.45) is 0 Å². The number of hydrogen-bond acceptors (Lipinski definition) is 2. The Kier molecular flexibility index (Phi) is 3.82. The number of hydrogen-bond donors (Lipinski definition) is 1. The normalized spacial score (nSPS) is 11.0. The van der Waals surface area contributed by atoms with E-state index in [9.17, 15) is 0 Å². The topological polar surface area (TPSA) is 28.7 Å². The molecule has 1 aromatic heterocycles. The fourth-order valence-electron chi connectivity index (χ4n) is 2.41. The van der Waals surface area contributed by atoms with Crippen molar-refractivity contribution < 1.29 is 0 Å². The van der Waals surface area contributed by atoms with Crippen molar-refractivity contribution >= 4 is 34.4 Å². The van der Waals surface area contributed by atoms with Crippen molar-refractivity contribution in [1.29, 1.82) is 0 Å². The summed E-state index contributed by atoms with van der Waals surface area (Å²) < 4.78 is 0. The van der Waals surface area contributed by atoms with Gasteiger partial charge in [-0.3, -0.25) is 0 Å². The zero-order chi connectivity index (χ0) is 15.6. The van der Waals surface area contributed by atoms with E-state index in [1.807, 2.05) is 48.5 Å². The molecule has 0 unspecified atom stereocenters. The predicted molar refractivity (Wildman–Crippen MR) is 97.1 cm³/mol. The molecule has 0 amide bonds. The van der Waals surface area contributed by atoms with Gasteiger partial charge in [-0.15, -0.1) is 0 Å². The summed E-state index contributed by atoms with van der Waals surface area (Å²) in [6, 6.07) is 24.3. The van der Waals surface area contributed by atoms with Crippen LogP contribution in [0.4, 0.5) is 0 Å². The Morgan fingerprint density at radius 1 is 0.783 bits per heavy atom. The molecule has 0 fully saturated rings. The highest BCUT2D eigenvalue weighted by molar-refractivity contribution is 7.99. The Bertz CT molecular complexity index is 910. The Labute approximate surface area is 143 Å². The molecular formula is C19H13ClN2S. The lowest BCUT2D eigenvalue weighted by Crippen LogP contribution is -1.80. The maximum atomic E-state index is 5.92. The quantitative estimate of drug-likeness (QED) is 0.494. The first-order valence-corrected chi connectivity index (χ1v) is 8.46. The van der Waals surface area contributed by atoms with Gasteiger partial charge in [0.25, 0.3) is 0 Å².